The van der Waals surface area contributed by atoms with Gasteiger partial charge in [-0.2, -0.15) is 9.97 Å². The van der Waals surface area contributed by atoms with Crippen LogP contribution < -0.4 is 14.9 Å². The molecule has 4 aromatic rings. The lowest BCUT2D eigenvalue weighted by atomic mass is 10.0. The summed E-state index contributed by atoms with van der Waals surface area (Å²) in [5, 5.41) is 11.5. The smallest absolute Gasteiger partial charge is 0.407 e. The molecule has 0 bridgehead atoms. The monoisotopic (exact) mass is 729 g/mol. The average molecular weight is 730 g/mol. The molecule has 1 aliphatic heterocycles. The van der Waals surface area contributed by atoms with Crippen LogP contribution in [0.2, 0.25) is 25.7 Å². The zero-order valence-corrected chi connectivity index (χ0v) is 31.4. The molecule has 276 valence electrons. The van der Waals surface area contributed by atoms with Crippen molar-refractivity contribution in [2.45, 2.75) is 77.0 Å². The summed E-state index contributed by atoms with van der Waals surface area (Å²) in [7, 11) is -1.51. The van der Waals surface area contributed by atoms with Gasteiger partial charge in [-0.3, -0.25) is 4.79 Å². The van der Waals surface area contributed by atoms with Crippen LogP contribution in [0, 0.1) is 5.92 Å². The fourth-order valence-corrected chi connectivity index (χ4v) is 6.38. The summed E-state index contributed by atoms with van der Waals surface area (Å²) in [6.07, 6.45) is 3.48. The topological polar surface area (TPSA) is 160 Å². The number of carbonyl (C=O) groups excluding carboxylic acids is 3. The first-order chi connectivity index (χ1) is 24.9. The number of benzene rings is 2. The minimum Gasteiger partial charge on any atom is -0.472 e. The van der Waals surface area contributed by atoms with E-state index < -0.39 is 44.2 Å². The Bertz CT molecular complexity index is 1930. The number of esters is 1. The molecular formula is C37H47N7O7Si. The Morgan fingerprint density at radius 2 is 1.83 bits per heavy atom. The molecule has 1 fully saturated rings. The van der Waals surface area contributed by atoms with Crippen LogP contribution in [0.15, 0.2) is 61.7 Å². The van der Waals surface area contributed by atoms with E-state index >= 15 is 0 Å². The van der Waals surface area contributed by atoms with E-state index in [1.54, 1.807) is 30.4 Å². The normalized spacial score (nSPS) is 16.5. The van der Waals surface area contributed by atoms with Crippen LogP contribution in [-0.4, -0.2) is 94.0 Å². The van der Waals surface area contributed by atoms with Crippen LogP contribution >= 0.6 is 0 Å². The number of nitrogens with zero attached hydrogens (tertiary/aromatic N) is 6. The molecule has 15 heteroatoms. The van der Waals surface area contributed by atoms with Gasteiger partial charge in [0.25, 0.3) is 0 Å². The number of rotatable bonds is 16. The van der Waals surface area contributed by atoms with Gasteiger partial charge < -0.3 is 29.3 Å². The maximum atomic E-state index is 14.2. The molecule has 52 heavy (non-hydrogen) atoms. The Kier molecular flexibility index (Phi) is 12.3. The molecule has 0 unspecified atom stereocenters. The van der Waals surface area contributed by atoms with Gasteiger partial charge in [0.2, 0.25) is 11.8 Å². The number of hydrogen-bond acceptors (Lipinski definition) is 11. The van der Waals surface area contributed by atoms with E-state index in [0.717, 1.165) is 11.6 Å². The Morgan fingerprint density at radius 1 is 1.04 bits per heavy atom. The first-order valence-corrected chi connectivity index (χ1v) is 21.2. The van der Waals surface area contributed by atoms with E-state index in [0.29, 0.717) is 34.8 Å². The predicted octanol–water partition coefficient (Wildman–Crippen LogP) is 5.81. The van der Waals surface area contributed by atoms with Crippen LogP contribution in [0.5, 0.6) is 11.9 Å². The molecule has 0 spiro atoms. The molecule has 2 aromatic carbocycles. The van der Waals surface area contributed by atoms with Gasteiger partial charge in [-0.15, -0.1) is 11.7 Å². The van der Waals surface area contributed by atoms with Gasteiger partial charge in [0.15, 0.2) is 0 Å². The number of ether oxygens (including phenoxy) is 3. The fraction of sp³-hybridized carbons (Fsp3) is 0.432. The number of likely N-dealkylation sites (tertiary alicyclic amines) is 1. The molecule has 5 rings (SSSR count). The van der Waals surface area contributed by atoms with Gasteiger partial charge >= 0.3 is 18.1 Å². The van der Waals surface area contributed by atoms with Gasteiger partial charge in [-0.05, 0) is 59.8 Å². The molecule has 2 amide bonds. The lowest BCUT2D eigenvalue weighted by Gasteiger charge is -2.29. The van der Waals surface area contributed by atoms with Crippen molar-refractivity contribution in [1.82, 2.24) is 35.3 Å². The second kappa shape index (κ2) is 16.8. The van der Waals surface area contributed by atoms with Gasteiger partial charge in [0, 0.05) is 14.5 Å². The van der Waals surface area contributed by atoms with Gasteiger partial charge in [0.05, 0.1) is 30.7 Å². The number of alkyl carbamates (subject to hydrolysis) is 1. The molecule has 3 atom stereocenters. The quantitative estimate of drug-likeness (QED) is 0.0642. The van der Waals surface area contributed by atoms with E-state index in [1.165, 1.54) is 9.75 Å². The lowest BCUT2D eigenvalue weighted by Crippen LogP contribution is -2.54. The van der Waals surface area contributed by atoms with E-state index in [2.05, 4.69) is 58.4 Å². The number of fused-ring (bicyclic) bond motifs is 2. The molecule has 1 aliphatic rings. The number of allylic oxidation sites excluding steroid dienone is 1. The third kappa shape index (κ3) is 9.51. The van der Waals surface area contributed by atoms with Crippen LogP contribution in [0.4, 0.5) is 4.79 Å². The summed E-state index contributed by atoms with van der Waals surface area (Å²) < 4.78 is 17.6. The summed E-state index contributed by atoms with van der Waals surface area (Å²) in [5.41, 5.74) is 2.58. The number of hydrogen-bond donors (Lipinski definition) is 1. The summed E-state index contributed by atoms with van der Waals surface area (Å²) >= 11 is 0. The second-order valence-electron chi connectivity index (χ2n) is 14.2. The molecular weight excluding hydrogens is 683 g/mol. The maximum absolute atomic E-state index is 14.2. The van der Waals surface area contributed by atoms with Crippen molar-refractivity contribution in [2.24, 2.45) is 5.92 Å². The van der Waals surface area contributed by atoms with Gasteiger partial charge in [-0.1, -0.05) is 75.3 Å². The summed E-state index contributed by atoms with van der Waals surface area (Å²) in [6.45, 7) is 18.2. The maximum Gasteiger partial charge on any atom is 0.407 e. The van der Waals surface area contributed by atoms with Crippen molar-refractivity contribution in [3.8, 4) is 11.9 Å². The van der Waals surface area contributed by atoms with Crippen molar-refractivity contribution in [3.63, 3.8) is 0 Å². The fourth-order valence-electron chi connectivity index (χ4n) is 5.66. The van der Waals surface area contributed by atoms with Crippen LogP contribution in [0.25, 0.3) is 28.0 Å². The highest BCUT2D eigenvalue weighted by molar-refractivity contribution is 6.76. The summed E-state index contributed by atoms with van der Waals surface area (Å²) in [4.78, 5) is 58.4. The Balaban J connectivity index is 1.43. The predicted molar refractivity (Wildman–Crippen MR) is 199 cm³/mol. The molecule has 2 aromatic heterocycles. The number of amides is 2. The second-order valence-corrected chi connectivity index (χ2v) is 19.8. The Labute approximate surface area is 304 Å². The van der Waals surface area contributed by atoms with E-state index in [9.17, 15) is 14.4 Å². The Hall–Kier alpha value is -5.31. The van der Waals surface area contributed by atoms with Crippen LogP contribution in [0.3, 0.4) is 0 Å². The number of para-hydroxylation sites is 1. The number of nitrogens with one attached hydrogen (secondary N) is 1. The average Bonchev–Trinajstić information content (AvgIpc) is 3.72. The largest absolute Gasteiger partial charge is 0.472 e. The minimum atomic E-state index is -1.51. The molecule has 1 N–H and O–H groups in total. The van der Waals surface area contributed by atoms with Crippen molar-refractivity contribution in [1.29, 1.82) is 0 Å². The summed E-state index contributed by atoms with van der Waals surface area (Å²) in [5.74, 6) is -1.11. The molecule has 0 aliphatic carbocycles. The number of carbonyl (C=O) groups is 3. The first kappa shape index (κ1) is 37.9. The summed E-state index contributed by atoms with van der Waals surface area (Å²) in [6, 6.07) is 11.6. The highest BCUT2D eigenvalue weighted by Gasteiger charge is 2.45. The standard InChI is InChI=1S/C37H47N7O7Si/c1-8-10-13-18-49-37(47)39-32(24(3)4)34(45)43-23-26(22-31(43)35(46)48-19-20-52(5,6)7)50-33-27-21-25(9-2)16-17-28(27)38-36(40-33)51-44-30-15-12-11-14-29(30)41-42-44/h8-9,11-12,14-17,21,24,26,31-32H,1-2,10,13,18-20,22-23H2,3-7H3,(H,39,47)/t26-,31+,32+/m1/s1. The van der Waals surface area contributed by atoms with Crippen molar-refractivity contribution in [3.05, 3.63) is 67.3 Å². The molecule has 3 heterocycles. The highest BCUT2D eigenvalue weighted by Crippen LogP contribution is 2.31. The van der Waals surface area contributed by atoms with Crippen LogP contribution in [0.1, 0.15) is 38.7 Å². The third-order valence-electron chi connectivity index (χ3n) is 8.57. The SMILES string of the molecule is C=CCCCOC(=O)N[C@H](C(=O)N1C[C@H](Oc2nc(On3nnc4ccccc43)nc3ccc(C=C)cc23)C[C@H]1C(=O)OCC[Si](C)(C)C)C(C)C. The van der Waals surface area contributed by atoms with Gasteiger partial charge in [0.1, 0.15) is 29.2 Å². The van der Waals surface area contributed by atoms with E-state index in [-0.39, 0.29) is 44.0 Å². The number of aromatic nitrogens is 5. The van der Waals surface area contributed by atoms with Crippen molar-refractivity contribution >= 4 is 54.1 Å². The Morgan fingerprint density at radius 3 is 2.56 bits per heavy atom. The lowest BCUT2D eigenvalue weighted by molar-refractivity contribution is -0.153. The van der Waals surface area contributed by atoms with Crippen molar-refractivity contribution in [2.75, 3.05) is 19.8 Å². The molecule has 14 nitrogen and oxygen atoms in total. The number of unbranched alkanes of at least 4 members (excludes halogenated alkanes) is 1. The molecule has 0 radical (unpaired) electrons. The highest BCUT2D eigenvalue weighted by atomic mass is 28.3. The van der Waals surface area contributed by atoms with Gasteiger partial charge in [-0.25, -0.2) is 9.59 Å². The van der Waals surface area contributed by atoms with Crippen molar-refractivity contribution < 1.29 is 33.4 Å². The molecule has 1 saturated heterocycles. The zero-order chi connectivity index (χ0) is 37.4. The first-order valence-electron chi connectivity index (χ1n) is 17.5. The zero-order valence-electron chi connectivity index (χ0n) is 30.4. The third-order valence-corrected chi connectivity index (χ3v) is 10.3. The van der Waals surface area contributed by atoms with E-state index in [1.807, 2.05) is 38.1 Å². The minimum absolute atomic E-state index is 0.0302. The molecule has 0 saturated carbocycles. The van der Waals surface area contributed by atoms with Crippen LogP contribution in [-0.2, 0) is 19.1 Å². The van der Waals surface area contributed by atoms with E-state index in [4.69, 9.17) is 19.0 Å².